The minimum Gasteiger partial charge on any atom is -0.322 e. The number of benzene rings is 3. The van der Waals surface area contributed by atoms with Crippen molar-refractivity contribution in [2.45, 2.75) is 6.92 Å². The van der Waals surface area contributed by atoms with Crippen molar-refractivity contribution in [3.8, 4) is 0 Å². The zero-order valence-corrected chi connectivity index (χ0v) is 16.2. The molecule has 5 nitrogen and oxygen atoms in total. The normalized spacial score (nSPS) is 11.1. The molecule has 0 heterocycles. The maximum absolute atomic E-state index is 13.0. The molecular formula is C22H17ClFN3O2. The van der Waals surface area contributed by atoms with Crippen molar-refractivity contribution in [3.05, 3.63) is 100 Å². The van der Waals surface area contributed by atoms with Gasteiger partial charge in [-0.1, -0.05) is 35.9 Å². The Kier molecular flexibility index (Phi) is 6.36. The number of carbonyl (C=O) groups is 2. The first-order chi connectivity index (χ1) is 13.9. The Morgan fingerprint density at radius 2 is 1.48 bits per heavy atom. The van der Waals surface area contributed by atoms with Gasteiger partial charge in [0, 0.05) is 11.3 Å². The monoisotopic (exact) mass is 409 g/mol. The predicted molar refractivity (Wildman–Crippen MR) is 112 cm³/mol. The number of carbonyl (C=O) groups excluding carboxylic acids is 2. The van der Waals surface area contributed by atoms with E-state index in [-0.39, 0.29) is 11.7 Å². The Bertz CT molecular complexity index is 1060. The fourth-order valence-electron chi connectivity index (χ4n) is 2.50. The Labute approximate surface area is 172 Å². The van der Waals surface area contributed by atoms with Crippen molar-refractivity contribution in [2.24, 2.45) is 5.10 Å². The van der Waals surface area contributed by atoms with Gasteiger partial charge in [-0.3, -0.25) is 9.59 Å². The van der Waals surface area contributed by atoms with Crippen molar-refractivity contribution < 1.29 is 14.0 Å². The molecule has 0 aliphatic rings. The topological polar surface area (TPSA) is 70.6 Å². The summed E-state index contributed by atoms with van der Waals surface area (Å²) < 4.78 is 13.0. The molecule has 0 aliphatic carbocycles. The van der Waals surface area contributed by atoms with Gasteiger partial charge in [0.05, 0.1) is 16.3 Å². The van der Waals surface area contributed by atoms with Gasteiger partial charge in [0.25, 0.3) is 11.8 Å². The van der Waals surface area contributed by atoms with E-state index in [2.05, 4.69) is 15.8 Å². The van der Waals surface area contributed by atoms with Crippen LogP contribution in [0.5, 0.6) is 0 Å². The standard InChI is InChI=1S/C22H17ClFN3O2/c1-14(15-6-10-17(24)11-7-15)26-27-21(28)16-8-12-18(13-9-16)25-22(29)19-4-2-3-5-20(19)23/h2-13H,1H3,(H,25,29)(H,27,28). The highest BCUT2D eigenvalue weighted by Gasteiger charge is 2.11. The van der Waals surface area contributed by atoms with Crippen molar-refractivity contribution >= 4 is 34.8 Å². The molecule has 0 atom stereocenters. The first-order valence-electron chi connectivity index (χ1n) is 8.70. The summed E-state index contributed by atoms with van der Waals surface area (Å²) in [7, 11) is 0. The molecule has 0 saturated heterocycles. The van der Waals surface area contributed by atoms with Crippen LogP contribution < -0.4 is 10.7 Å². The summed E-state index contributed by atoms with van der Waals surface area (Å²) in [5.74, 6) is -1.09. The molecule has 3 aromatic rings. The fourth-order valence-corrected chi connectivity index (χ4v) is 2.73. The van der Waals surface area contributed by atoms with Crippen LogP contribution in [-0.2, 0) is 0 Å². The lowest BCUT2D eigenvalue weighted by Crippen LogP contribution is -2.19. The molecule has 0 radical (unpaired) electrons. The van der Waals surface area contributed by atoms with Crippen LogP contribution in [0.4, 0.5) is 10.1 Å². The molecule has 3 aromatic carbocycles. The molecule has 0 aromatic heterocycles. The average molecular weight is 410 g/mol. The summed E-state index contributed by atoms with van der Waals surface area (Å²) in [4.78, 5) is 24.5. The van der Waals surface area contributed by atoms with Gasteiger partial charge in [0.15, 0.2) is 0 Å². The molecule has 0 unspecified atom stereocenters. The summed E-state index contributed by atoms with van der Waals surface area (Å²) in [6, 6.07) is 18.9. The second kappa shape index (κ2) is 9.12. The van der Waals surface area contributed by atoms with E-state index in [9.17, 15) is 14.0 Å². The van der Waals surface area contributed by atoms with Gasteiger partial charge in [-0.15, -0.1) is 0 Å². The summed E-state index contributed by atoms with van der Waals surface area (Å²) >= 11 is 6.02. The summed E-state index contributed by atoms with van der Waals surface area (Å²) in [5.41, 5.74) is 4.96. The average Bonchev–Trinajstić information content (AvgIpc) is 2.73. The third kappa shape index (κ3) is 5.27. The third-order valence-corrected chi connectivity index (χ3v) is 4.44. The van der Waals surface area contributed by atoms with Crippen molar-refractivity contribution in [2.75, 3.05) is 5.32 Å². The maximum Gasteiger partial charge on any atom is 0.271 e. The van der Waals surface area contributed by atoms with Crippen LogP contribution in [0.1, 0.15) is 33.2 Å². The van der Waals surface area contributed by atoms with E-state index in [1.54, 1.807) is 67.6 Å². The Morgan fingerprint density at radius 3 is 2.14 bits per heavy atom. The number of anilines is 1. The molecule has 2 amide bonds. The minimum atomic E-state index is -0.407. The van der Waals surface area contributed by atoms with Gasteiger partial charge < -0.3 is 5.32 Å². The first-order valence-corrected chi connectivity index (χ1v) is 9.08. The fraction of sp³-hybridized carbons (Fsp3) is 0.0455. The molecule has 146 valence electrons. The minimum absolute atomic E-state index is 0.340. The molecule has 7 heteroatoms. The largest absolute Gasteiger partial charge is 0.322 e. The van der Waals surface area contributed by atoms with E-state index in [0.29, 0.717) is 33.1 Å². The number of nitrogens with one attached hydrogen (secondary N) is 2. The van der Waals surface area contributed by atoms with Crippen LogP contribution in [0.2, 0.25) is 5.02 Å². The zero-order chi connectivity index (χ0) is 20.8. The van der Waals surface area contributed by atoms with Gasteiger partial charge >= 0.3 is 0 Å². The van der Waals surface area contributed by atoms with Crippen LogP contribution in [0, 0.1) is 5.82 Å². The lowest BCUT2D eigenvalue weighted by atomic mass is 10.1. The summed E-state index contributed by atoms with van der Waals surface area (Å²) in [6.45, 7) is 1.71. The van der Waals surface area contributed by atoms with E-state index in [1.807, 2.05) is 0 Å². The van der Waals surface area contributed by atoms with E-state index < -0.39 is 5.91 Å². The molecule has 0 spiro atoms. The van der Waals surface area contributed by atoms with Crippen LogP contribution in [0.3, 0.4) is 0 Å². The van der Waals surface area contributed by atoms with Gasteiger partial charge in [0.1, 0.15) is 5.82 Å². The van der Waals surface area contributed by atoms with Gasteiger partial charge in [0.2, 0.25) is 0 Å². The van der Waals surface area contributed by atoms with Crippen LogP contribution in [-0.4, -0.2) is 17.5 Å². The van der Waals surface area contributed by atoms with Crippen molar-refractivity contribution in [1.29, 1.82) is 0 Å². The lowest BCUT2D eigenvalue weighted by molar-refractivity contribution is 0.0954. The number of amides is 2. The quantitative estimate of drug-likeness (QED) is 0.465. The van der Waals surface area contributed by atoms with Crippen molar-refractivity contribution in [3.63, 3.8) is 0 Å². The highest BCUT2D eigenvalue weighted by Crippen LogP contribution is 2.17. The highest BCUT2D eigenvalue weighted by molar-refractivity contribution is 6.34. The van der Waals surface area contributed by atoms with Crippen molar-refractivity contribution in [1.82, 2.24) is 5.43 Å². The number of rotatable bonds is 5. The first kappa shape index (κ1) is 20.2. The number of hydrogen-bond acceptors (Lipinski definition) is 3. The predicted octanol–water partition coefficient (Wildman–Crippen LogP) is 4.89. The Balaban J connectivity index is 1.63. The van der Waals surface area contributed by atoms with Gasteiger partial charge in [-0.2, -0.15) is 5.10 Å². The molecule has 0 aliphatic heterocycles. The maximum atomic E-state index is 13.0. The highest BCUT2D eigenvalue weighted by atomic mass is 35.5. The second-order valence-electron chi connectivity index (χ2n) is 6.16. The molecule has 29 heavy (non-hydrogen) atoms. The number of nitrogens with zero attached hydrogens (tertiary/aromatic N) is 1. The van der Waals surface area contributed by atoms with E-state index in [4.69, 9.17) is 11.6 Å². The molecule has 2 N–H and O–H groups in total. The van der Waals surface area contributed by atoms with E-state index in [1.165, 1.54) is 12.1 Å². The number of halogens is 2. The van der Waals surface area contributed by atoms with Crippen LogP contribution in [0.25, 0.3) is 0 Å². The van der Waals surface area contributed by atoms with E-state index in [0.717, 1.165) is 0 Å². The van der Waals surface area contributed by atoms with Crippen LogP contribution in [0.15, 0.2) is 77.9 Å². The Morgan fingerprint density at radius 1 is 0.862 bits per heavy atom. The molecule has 3 rings (SSSR count). The molecule has 0 fully saturated rings. The zero-order valence-electron chi connectivity index (χ0n) is 15.4. The lowest BCUT2D eigenvalue weighted by Gasteiger charge is -2.08. The van der Waals surface area contributed by atoms with Crippen LogP contribution >= 0.6 is 11.6 Å². The van der Waals surface area contributed by atoms with Gasteiger partial charge in [-0.05, 0) is 61.0 Å². The molecular weight excluding hydrogens is 393 g/mol. The number of hydrogen-bond donors (Lipinski definition) is 2. The van der Waals surface area contributed by atoms with E-state index >= 15 is 0 Å². The number of hydrazone groups is 1. The summed E-state index contributed by atoms with van der Waals surface area (Å²) in [6.07, 6.45) is 0. The third-order valence-electron chi connectivity index (χ3n) is 4.11. The second-order valence-corrected chi connectivity index (χ2v) is 6.56. The molecule has 0 bridgehead atoms. The summed E-state index contributed by atoms with van der Waals surface area (Å²) in [5, 5.41) is 7.12. The molecule has 0 saturated carbocycles. The SMILES string of the molecule is CC(=NNC(=O)c1ccc(NC(=O)c2ccccc2Cl)cc1)c1ccc(F)cc1. The Hall–Kier alpha value is -3.51. The smallest absolute Gasteiger partial charge is 0.271 e. The van der Waals surface area contributed by atoms with Gasteiger partial charge in [-0.25, -0.2) is 9.82 Å².